The Bertz CT molecular complexity index is 29.9. The summed E-state index contributed by atoms with van der Waals surface area (Å²) in [7, 11) is 0. The maximum absolute atomic E-state index is 8.56. The Labute approximate surface area is 60.7 Å². The van der Waals surface area contributed by atoms with Crippen molar-refractivity contribution in [1.82, 2.24) is 0 Å². The summed E-state index contributed by atoms with van der Waals surface area (Å²) in [5, 5.41) is 13.9. The van der Waals surface area contributed by atoms with Crippen LogP contribution in [0.2, 0.25) is 0 Å². The third kappa shape index (κ3) is 87.5. The number of rotatable bonds is 0. The van der Waals surface area contributed by atoms with Crippen molar-refractivity contribution in [2.75, 3.05) is 0 Å². The van der Waals surface area contributed by atoms with E-state index in [-0.39, 0.29) is 39.9 Å². The van der Waals surface area contributed by atoms with Crippen molar-refractivity contribution < 1.29 is 54.9 Å². The van der Waals surface area contributed by atoms with E-state index < -0.39 is 6.16 Å². The van der Waals surface area contributed by atoms with Crippen LogP contribution in [0.15, 0.2) is 0 Å². The van der Waals surface area contributed by atoms with Crippen LogP contribution in [0, 0.1) is 39.9 Å². The van der Waals surface area contributed by atoms with E-state index in [9.17, 15) is 0 Å². The van der Waals surface area contributed by atoms with E-state index in [1.807, 2.05) is 0 Å². The van der Waals surface area contributed by atoms with Gasteiger partial charge in [-0.15, -0.1) is 0 Å². The molecule has 0 amide bonds. The minimum absolute atomic E-state index is 0. The van der Waals surface area contributed by atoms with Gasteiger partial charge in [0.2, 0.25) is 0 Å². The van der Waals surface area contributed by atoms with Gasteiger partial charge in [0.15, 0.2) is 0 Å². The molecule has 0 saturated heterocycles. The van der Waals surface area contributed by atoms with Crippen LogP contribution in [-0.2, 0) is 0 Å². The molecule has 0 unspecified atom stereocenters. The first kappa shape index (κ1) is 9.14. The van der Waals surface area contributed by atoms with E-state index in [2.05, 4.69) is 0 Å². The molecule has 0 aliphatic heterocycles. The molecule has 0 aromatic carbocycles. The summed E-state index contributed by atoms with van der Waals surface area (Å²) in [6, 6.07) is 0. The summed E-state index contributed by atoms with van der Waals surface area (Å²) in [6.45, 7) is 0. The second kappa shape index (κ2) is 4.59. The fraction of sp³-hybridized carbons (Fsp3) is 0. The number of carbonyl (C=O) groups is 1. The van der Waals surface area contributed by atoms with Crippen LogP contribution in [0.25, 0.3) is 0 Å². The van der Waals surface area contributed by atoms with Crippen LogP contribution in [0.3, 0.4) is 0 Å². The predicted molar refractivity (Wildman–Crippen MR) is 10.7 cm³/mol. The van der Waals surface area contributed by atoms with Gasteiger partial charge in [-0.2, -0.15) is 0 Å². The topological polar surface area (TPSA) is 57.5 Å². The molecule has 0 radical (unpaired) electrons. The third-order valence-corrected chi connectivity index (χ3v) is 0. The van der Waals surface area contributed by atoms with Gasteiger partial charge < -0.3 is 10.2 Å². The SMILES string of the molecule is O=C(O)O.[Gd]. The van der Waals surface area contributed by atoms with Gasteiger partial charge in [0.25, 0.3) is 0 Å². The first-order valence-corrected chi connectivity index (χ1v) is 0.651. The van der Waals surface area contributed by atoms with E-state index in [1.54, 1.807) is 0 Å². The molecule has 0 aromatic heterocycles. The molecule has 4 heteroatoms. The van der Waals surface area contributed by atoms with Crippen molar-refractivity contribution in [3.05, 3.63) is 0 Å². The standard InChI is InChI=1S/CH2O3.Gd/c2-1(3)4;/h(H2,2,3,4);. The molecule has 0 spiro atoms. The molecule has 32 valence electrons. The molecule has 0 fully saturated rings. The van der Waals surface area contributed by atoms with E-state index in [0.29, 0.717) is 0 Å². The Morgan fingerprint density at radius 3 is 1.40 bits per heavy atom. The molecule has 0 heterocycles. The van der Waals surface area contributed by atoms with Crippen molar-refractivity contribution in [1.29, 1.82) is 0 Å². The zero-order valence-electron chi connectivity index (χ0n) is 2.16. The predicted octanol–water partition coefficient (Wildman–Crippen LogP) is 0.222. The molecule has 0 aliphatic carbocycles. The summed E-state index contributed by atoms with van der Waals surface area (Å²) < 4.78 is 0. The van der Waals surface area contributed by atoms with Crippen LogP contribution in [0.1, 0.15) is 0 Å². The van der Waals surface area contributed by atoms with Crippen molar-refractivity contribution in [2.45, 2.75) is 0 Å². The van der Waals surface area contributed by atoms with Gasteiger partial charge in [0, 0.05) is 39.9 Å². The van der Waals surface area contributed by atoms with E-state index in [0.717, 1.165) is 0 Å². The number of hydrogen-bond acceptors (Lipinski definition) is 1. The minimum Gasteiger partial charge on any atom is -0.450 e. The van der Waals surface area contributed by atoms with Crippen LogP contribution < -0.4 is 0 Å². The quantitative estimate of drug-likeness (QED) is 0.613. The largest absolute Gasteiger partial charge is 0.503 e. The average Bonchev–Trinajstić information content (AvgIpc) is 0.811. The zero-order valence-corrected chi connectivity index (χ0v) is 4.42. The zero-order chi connectivity index (χ0) is 3.58. The Morgan fingerprint density at radius 2 is 1.40 bits per heavy atom. The first-order chi connectivity index (χ1) is 1.73. The van der Waals surface area contributed by atoms with E-state index >= 15 is 0 Å². The first-order valence-electron chi connectivity index (χ1n) is 0.651. The summed E-state index contributed by atoms with van der Waals surface area (Å²) in [5.74, 6) is 0. The van der Waals surface area contributed by atoms with Crippen molar-refractivity contribution in [3.8, 4) is 0 Å². The summed E-state index contributed by atoms with van der Waals surface area (Å²) in [6.07, 6.45) is -1.83. The Morgan fingerprint density at radius 1 is 1.40 bits per heavy atom. The Hall–Kier alpha value is 0.595. The maximum Gasteiger partial charge on any atom is 0.503 e. The molecule has 0 bridgehead atoms. The molecule has 0 aliphatic rings. The third-order valence-electron chi connectivity index (χ3n) is 0. The summed E-state index contributed by atoms with van der Waals surface area (Å²) >= 11 is 0. The molecule has 0 saturated carbocycles. The van der Waals surface area contributed by atoms with Crippen molar-refractivity contribution >= 4 is 6.16 Å². The van der Waals surface area contributed by atoms with E-state index in [4.69, 9.17) is 15.0 Å². The molecule has 5 heavy (non-hydrogen) atoms. The molecule has 3 nitrogen and oxygen atoms in total. The van der Waals surface area contributed by atoms with Crippen LogP contribution in [0.4, 0.5) is 4.79 Å². The van der Waals surface area contributed by atoms with Crippen LogP contribution >= 0.6 is 0 Å². The monoisotopic (exact) mass is 220 g/mol. The second-order valence-corrected chi connectivity index (χ2v) is 0.283. The summed E-state index contributed by atoms with van der Waals surface area (Å²) in [4.78, 5) is 8.56. The normalized spacial score (nSPS) is 4.80. The van der Waals surface area contributed by atoms with Gasteiger partial charge in [-0.1, -0.05) is 0 Å². The Kier molecular flexibility index (Phi) is 8.40. The van der Waals surface area contributed by atoms with Gasteiger partial charge in [-0.3, -0.25) is 0 Å². The molecule has 2 N–H and O–H groups in total. The van der Waals surface area contributed by atoms with Crippen LogP contribution in [-0.4, -0.2) is 16.4 Å². The fourth-order valence-electron chi connectivity index (χ4n) is 0. The van der Waals surface area contributed by atoms with Gasteiger partial charge in [0.1, 0.15) is 0 Å². The second-order valence-electron chi connectivity index (χ2n) is 0.283. The van der Waals surface area contributed by atoms with Gasteiger partial charge in [-0.25, -0.2) is 4.79 Å². The van der Waals surface area contributed by atoms with Crippen LogP contribution in [0.5, 0.6) is 0 Å². The fourth-order valence-corrected chi connectivity index (χ4v) is 0. The molecule has 0 rings (SSSR count). The smallest absolute Gasteiger partial charge is 0.450 e. The molecular weight excluding hydrogens is 217 g/mol. The van der Waals surface area contributed by atoms with Crippen molar-refractivity contribution in [2.24, 2.45) is 0 Å². The van der Waals surface area contributed by atoms with Gasteiger partial charge >= 0.3 is 6.16 Å². The maximum atomic E-state index is 8.56. The minimum atomic E-state index is -1.83. The number of carboxylic acid groups (broad SMARTS) is 2. The van der Waals surface area contributed by atoms with Crippen molar-refractivity contribution in [3.63, 3.8) is 0 Å². The molecule has 0 atom stereocenters. The molecular formula is CH2GdO3. The van der Waals surface area contributed by atoms with E-state index in [1.165, 1.54) is 0 Å². The Balaban J connectivity index is 0. The summed E-state index contributed by atoms with van der Waals surface area (Å²) in [5.41, 5.74) is 0. The average molecular weight is 219 g/mol. The van der Waals surface area contributed by atoms with Gasteiger partial charge in [0.05, 0.1) is 0 Å². The van der Waals surface area contributed by atoms with Gasteiger partial charge in [-0.05, 0) is 0 Å². The molecule has 0 aromatic rings. The number of hydrogen-bond donors (Lipinski definition) is 2.